The highest BCUT2D eigenvalue weighted by Crippen LogP contribution is 2.42. The first kappa shape index (κ1) is 16.8. The third-order valence-corrected chi connectivity index (χ3v) is 3.63. The molecule has 0 saturated heterocycles. The number of amides is 1. The number of rotatable bonds is 2. The standard InChI is InChI=1S/C14H14ClF3N2O2/c1-8(2)11-7-13(22,14(16,17)18)20(19-11)12(21)9-4-3-5-10(15)6-9/h3-6,8,22H,7H2,1-2H3/t13-/m1/s1. The summed E-state index contributed by atoms with van der Waals surface area (Å²) in [4.78, 5) is 12.3. The van der Waals surface area contributed by atoms with Gasteiger partial charge in [-0.1, -0.05) is 31.5 Å². The van der Waals surface area contributed by atoms with Gasteiger partial charge in [0.05, 0.1) is 0 Å². The Morgan fingerprint density at radius 1 is 1.45 bits per heavy atom. The van der Waals surface area contributed by atoms with E-state index in [-0.39, 0.29) is 27.2 Å². The van der Waals surface area contributed by atoms with Gasteiger partial charge in [-0.2, -0.15) is 23.3 Å². The highest BCUT2D eigenvalue weighted by Gasteiger charge is 2.63. The quantitative estimate of drug-likeness (QED) is 0.900. The van der Waals surface area contributed by atoms with Gasteiger partial charge in [-0.05, 0) is 24.1 Å². The van der Waals surface area contributed by atoms with Crippen LogP contribution in [-0.2, 0) is 0 Å². The van der Waals surface area contributed by atoms with Gasteiger partial charge >= 0.3 is 6.18 Å². The molecule has 0 saturated carbocycles. The molecular formula is C14H14ClF3N2O2. The van der Waals surface area contributed by atoms with Crippen molar-refractivity contribution in [3.8, 4) is 0 Å². The molecule has 0 aliphatic carbocycles. The molecular weight excluding hydrogens is 321 g/mol. The van der Waals surface area contributed by atoms with E-state index in [0.717, 1.165) is 0 Å². The van der Waals surface area contributed by atoms with Crippen molar-refractivity contribution >= 4 is 23.2 Å². The van der Waals surface area contributed by atoms with Crippen LogP contribution in [0.15, 0.2) is 29.4 Å². The van der Waals surface area contributed by atoms with Crippen LogP contribution in [0, 0.1) is 5.92 Å². The van der Waals surface area contributed by atoms with Crippen LogP contribution in [0.2, 0.25) is 5.02 Å². The summed E-state index contributed by atoms with van der Waals surface area (Å²) >= 11 is 5.74. The lowest BCUT2D eigenvalue weighted by atomic mass is 9.99. The highest BCUT2D eigenvalue weighted by molar-refractivity contribution is 6.31. The third kappa shape index (κ3) is 2.83. The van der Waals surface area contributed by atoms with Crippen LogP contribution in [0.3, 0.4) is 0 Å². The molecule has 1 heterocycles. The summed E-state index contributed by atoms with van der Waals surface area (Å²) in [7, 11) is 0. The van der Waals surface area contributed by atoms with E-state index in [1.54, 1.807) is 13.8 Å². The molecule has 0 aromatic heterocycles. The van der Waals surface area contributed by atoms with Crippen LogP contribution < -0.4 is 0 Å². The first-order chi connectivity index (χ1) is 10.1. The fraction of sp³-hybridized carbons (Fsp3) is 0.429. The molecule has 0 bridgehead atoms. The minimum atomic E-state index is -5.03. The fourth-order valence-electron chi connectivity index (χ4n) is 2.07. The molecule has 1 aliphatic heterocycles. The Labute approximate surface area is 130 Å². The summed E-state index contributed by atoms with van der Waals surface area (Å²) in [5.41, 5.74) is -3.31. The number of carbonyl (C=O) groups is 1. The van der Waals surface area contributed by atoms with E-state index in [4.69, 9.17) is 11.6 Å². The molecule has 1 aromatic carbocycles. The summed E-state index contributed by atoms with van der Waals surface area (Å²) in [6, 6.07) is 5.46. The maximum Gasteiger partial charge on any atom is 0.438 e. The number of hydrogen-bond acceptors (Lipinski definition) is 3. The molecule has 120 valence electrons. The summed E-state index contributed by atoms with van der Waals surface area (Å²) < 4.78 is 39.7. The summed E-state index contributed by atoms with van der Waals surface area (Å²) in [6.07, 6.45) is -5.79. The lowest BCUT2D eigenvalue weighted by Gasteiger charge is -2.32. The van der Waals surface area contributed by atoms with Crippen LogP contribution in [0.4, 0.5) is 13.2 Å². The van der Waals surface area contributed by atoms with Crippen molar-refractivity contribution in [1.82, 2.24) is 5.01 Å². The van der Waals surface area contributed by atoms with E-state index in [2.05, 4.69) is 5.10 Å². The van der Waals surface area contributed by atoms with Crippen molar-refractivity contribution in [2.24, 2.45) is 11.0 Å². The van der Waals surface area contributed by atoms with Gasteiger partial charge in [0.2, 0.25) is 0 Å². The Balaban J connectivity index is 2.46. The number of hydrazone groups is 1. The highest BCUT2D eigenvalue weighted by atomic mass is 35.5. The second-order valence-corrected chi connectivity index (χ2v) is 5.80. The number of aliphatic hydroxyl groups is 1. The first-order valence-electron chi connectivity index (χ1n) is 6.53. The SMILES string of the molecule is CC(C)C1=NN(C(=O)c2cccc(Cl)c2)[C@](O)(C(F)(F)F)C1. The molecule has 22 heavy (non-hydrogen) atoms. The summed E-state index contributed by atoms with van der Waals surface area (Å²) in [5.74, 6) is -1.39. The van der Waals surface area contributed by atoms with Crippen LogP contribution in [-0.4, -0.2) is 33.6 Å². The molecule has 1 N–H and O–H groups in total. The Morgan fingerprint density at radius 3 is 2.59 bits per heavy atom. The fourth-order valence-corrected chi connectivity index (χ4v) is 2.26. The van der Waals surface area contributed by atoms with E-state index in [1.165, 1.54) is 24.3 Å². The second-order valence-electron chi connectivity index (χ2n) is 5.36. The van der Waals surface area contributed by atoms with Gasteiger partial charge in [-0.3, -0.25) is 4.79 Å². The van der Waals surface area contributed by atoms with Crippen LogP contribution >= 0.6 is 11.6 Å². The maximum absolute atomic E-state index is 13.2. The molecule has 4 nitrogen and oxygen atoms in total. The Kier molecular flexibility index (Phi) is 4.23. The van der Waals surface area contributed by atoms with Crippen LogP contribution in [0.5, 0.6) is 0 Å². The number of carbonyl (C=O) groups excluding carboxylic acids is 1. The molecule has 1 atom stereocenters. The molecule has 0 fully saturated rings. The molecule has 1 amide bonds. The second kappa shape index (κ2) is 5.55. The smallest absolute Gasteiger partial charge is 0.362 e. The van der Waals surface area contributed by atoms with Crippen molar-refractivity contribution in [2.75, 3.05) is 0 Å². The zero-order valence-electron chi connectivity index (χ0n) is 11.9. The van der Waals surface area contributed by atoms with E-state index in [0.29, 0.717) is 0 Å². The number of benzene rings is 1. The predicted molar refractivity (Wildman–Crippen MR) is 75.5 cm³/mol. The van der Waals surface area contributed by atoms with Gasteiger partial charge in [0.15, 0.2) is 0 Å². The number of halogens is 4. The van der Waals surface area contributed by atoms with E-state index in [1.807, 2.05) is 0 Å². The molecule has 8 heteroatoms. The van der Waals surface area contributed by atoms with Gasteiger partial charge < -0.3 is 5.11 Å². The average Bonchev–Trinajstić information content (AvgIpc) is 2.77. The summed E-state index contributed by atoms with van der Waals surface area (Å²) in [5, 5.41) is 14.0. The van der Waals surface area contributed by atoms with Gasteiger partial charge in [0, 0.05) is 22.7 Å². The molecule has 2 rings (SSSR count). The normalized spacial score (nSPS) is 22.2. The molecule has 0 unspecified atom stereocenters. The average molecular weight is 335 g/mol. The minimum Gasteiger partial charge on any atom is -0.362 e. The predicted octanol–water partition coefficient (Wildman–Crippen LogP) is 3.45. The van der Waals surface area contributed by atoms with Gasteiger partial charge in [-0.25, -0.2) is 0 Å². The van der Waals surface area contributed by atoms with Gasteiger partial charge in [0.1, 0.15) is 0 Å². The lowest BCUT2D eigenvalue weighted by Crippen LogP contribution is -2.56. The minimum absolute atomic E-state index is 0.0797. The van der Waals surface area contributed by atoms with Gasteiger partial charge in [-0.15, -0.1) is 0 Å². The number of hydrogen-bond donors (Lipinski definition) is 1. The largest absolute Gasteiger partial charge is 0.438 e. The van der Waals surface area contributed by atoms with Crippen LogP contribution in [0.25, 0.3) is 0 Å². The van der Waals surface area contributed by atoms with Gasteiger partial charge in [0.25, 0.3) is 11.6 Å². The summed E-state index contributed by atoms with van der Waals surface area (Å²) in [6.45, 7) is 3.28. The Hall–Kier alpha value is -1.60. The number of alkyl halides is 3. The van der Waals surface area contributed by atoms with Crippen molar-refractivity contribution < 1.29 is 23.1 Å². The zero-order valence-corrected chi connectivity index (χ0v) is 12.6. The van der Waals surface area contributed by atoms with Crippen molar-refractivity contribution in [1.29, 1.82) is 0 Å². The first-order valence-corrected chi connectivity index (χ1v) is 6.90. The molecule has 0 spiro atoms. The Morgan fingerprint density at radius 2 is 2.09 bits per heavy atom. The van der Waals surface area contributed by atoms with E-state index in [9.17, 15) is 23.1 Å². The monoisotopic (exact) mass is 334 g/mol. The van der Waals surface area contributed by atoms with E-state index < -0.39 is 24.2 Å². The molecule has 1 aliphatic rings. The van der Waals surface area contributed by atoms with Crippen molar-refractivity contribution in [3.63, 3.8) is 0 Å². The molecule has 1 aromatic rings. The zero-order chi connectivity index (χ0) is 16.7. The lowest BCUT2D eigenvalue weighted by molar-refractivity contribution is -0.297. The van der Waals surface area contributed by atoms with Crippen molar-refractivity contribution in [3.05, 3.63) is 34.9 Å². The third-order valence-electron chi connectivity index (χ3n) is 3.39. The van der Waals surface area contributed by atoms with Crippen molar-refractivity contribution in [2.45, 2.75) is 32.2 Å². The Bertz CT molecular complexity index is 631. The molecule has 0 radical (unpaired) electrons. The number of nitrogens with zero attached hydrogens (tertiary/aromatic N) is 2. The topological polar surface area (TPSA) is 52.9 Å². The maximum atomic E-state index is 13.2. The van der Waals surface area contributed by atoms with E-state index >= 15 is 0 Å². The van der Waals surface area contributed by atoms with Crippen LogP contribution in [0.1, 0.15) is 30.6 Å².